The highest BCUT2D eigenvalue weighted by molar-refractivity contribution is 5.96. The lowest BCUT2D eigenvalue weighted by molar-refractivity contribution is 0.0237. The average molecular weight is 313 g/mol. The Bertz CT molecular complexity index is 672. The smallest absolute Gasteiger partial charge is 0.255 e. The van der Waals surface area contributed by atoms with Crippen molar-refractivity contribution in [1.29, 1.82) is 0 Å². The molecule has 0 aliphatic heterocycles. The number of aliphatic hydroxyl groups excluding tert-OH is 1. The molecule has 6 heteroatoms. The molecule has 0 saturated heterocycles. The van der Waals surface area contributed by atoms with E-state index < -0.39 is 0 Å². The predicted molar refractivity (Wildman–Crippen MR) is 83.8 cm³/mol. The van der Waals surface area contributed by atoms with Gasteiger partial charge >= 0.3 is 0 Å². The SMILES string of the molecule is O=C(N[C@H](Cc1ccccn1)C1CC(O)C1)c1ccncc1O. The number of aromatic hydroxyl groups is 1. The fraction of sp³-hybridized carbons (Fsp3) is 0.353. The van der Waals surface area contributed by atoms with Gasteiger partial charge < -0.3 is 15.5 Å². The molecule has 3 rings (SSSR count). The van der Waals surface area contributed by atoms with E-state index in [2.05, 4.69) is 15.3 Å². The predicted octanol–water partition coefficient (Wildman–Crippen LogP) is 1.29. The molecule has 1 atom stereocenters. The average Bonchev–Trinajstić information content (AvgIpc) is 2.52. The molecule has 0 aromatic carbocycles. The number of carbonyl (C=O) groups excluding carboxylic acids is 1. The van der Waals surface area contributed by atoms with Crippen LogP contribution in [-0.2, 0) is 6.42 Å². The van der Waals surface area contributed by atoms with Crippen molar-refractivity contribution in [3.05, 3.63) is 54.1 Å². The van der Waals surface area contributed by atoms with Gasteiger partial charge in [-0.2, -0.15) is 0 Å². The molecule has 1 fully saturated rings. The van der Waals surface area contributed by atoms with E-state index in [4.69, 9.17) is 0 Å². The van der Waals surface area contributed by atoms with Gasteiger partial charge in [-0.05, 0) is 37.0 Å². The van der Waals surface area contributed by atoms with Crippen LogP contribution < -0.4 is 5.32 Å². The van der Waals surface area contributed by atoms with Crippen LogP contribution in [0.15, 0.2) is 42.9 Å². The van der Waals surface area contributed by atoms with E-state index in [0.717, 1.165) is 5.69 Å². The quantitative estimate of drug-likeness (QED) is 0.773. The summed E-state index contributed by atoms with van der Waals surface area (Å²) in [4.78, 5) is 20.5. The van der Waals surface area contributed by atoms with Gasteiger partial charge in [0.15, 0.2) is 0 Å². The Balaban J connectivity index is 1.73. The minimum atomic E-state index is -0.341. The molecule has 2 aromatic heterocycles. The van der Waals surface area contributed by atoms with Crippen LogP contribution in [0.3, 0.4) is 0 Å². The van der Waals surface area contributed by atoms with Crippen LogP contribution in [0.2, 0.25) is 0 Å². The van der Waals surface area contributed by atoms with Crippen molar-refractivity contribution in [2.45, 2.75) is 31.4 Å². The van der Waals surface area contributed by atoms with E-state index in [0.29, 0.717) is 19.3 Å². The molecule has 0 bridgehead atoms. The number of nitrogens with one attached hydrogen (secondary N) is 1. The second kappa shape index (κ2) is 6.75. The summed E-state index contributed by atoms with van der Waals surface area (Å²) in [6, 6.07) is 7.02. The molecule has 1 amide bonds. The number of amides is 1. The van der Waals surface area contributed by atoms with Gasteiger partial charge in [-0.1, -0.05) is 6.07 Å². The summed E-state index contributed by atoms with van der Waals surface area (Å²) in [5.41, 5.74) is 1.09. The van der Waals surface area contributed by atoms with Crippen LogP contribution in [0.4, 0.5) is 0 Å². The van der Waals surface area contributed by atoms with Crippen molar-refractivity contribution >= 4 is 5.91 Å². The third kappa shape index (κ3) is 3.65. The summed E-state index contributed by atoms with van der Waals surface area (Å²) in [6.07, 6.45) is 6.07. The van der Waals surface area contributed by atoms with E-state index >= 15 is 0 Å². The van der Waals surface area contributed by atoms with Gasteiger partial charge in [-0.15, -0.1) is 0 Å². The van der Waals surface area contributed by atoms with Crippen LogP contribution in [0, 0.1) is 5.92 Å². The highest BCUT2D eigenvalue weighted by atomic mass is 16.3. The highest BCUT2D eigenvalue weighted by Crippen LogP contribution is 2.32. The summed E-state index contributed by atoms with van der Waals surface area (Å²) >= 11 is 0. The number of rotatable bonds is 5. The van der Waals surface area contributed by atoms with Crippen LogP contribution in [0.1, 0.15) is 28.9 Å². The van der Waals surface area contributed by atoms with Crippen LogP contribution in [-0.4, -0.2) is 38.2 Å². The Hall–Kier alpha value is -2.47. The van der Waals surface area contributed by atoms with Crippen molar-refractivity contribution in [3.8, 4) is 5.75 Å². The van der Waals surface area contributed by atoms with Gasteiger partial charge in [0.2, 0.25) is 0 Å². The number of hydrogen-bond acceptors (Lipinski definition) is 5. The lowest BCUT2D eigenvalue weighted by Crippen LogP contribution is -2.48. The first kappa shape index (κ1) is 15.4. The summed E-state index contributed by atoms with van der Waals surface area (Å²) < 4.78 is 0. The number of pyridine rings is 2. The summed E-state index contributed by atoms with van der Waals surface area (Å²) in [5.74, 6) is -0.276. The molecule has 3 N–H and O–H groups in total. The highest BCUT2D eigenvalue weighted by Gasteiger charge is 2.35. The summed E-state index contributed by atoms with van der Waals surface area (Å²) in [6.45, 7) is 0. The van der Waals surface area contributed by atoms with Gasteiger partial charge in [-0.3, -0.25) is 14.8 Å². The maximum absolute atomic E-state index is 12.4. The van der Waals surface area contributed by atoms with E-state index in [-0.39, 0.29) is 35.3 Å². The second-order valence-electron chi connectivity index (χ2n) is 5.88. The second-order valence-corrected chi connectivity index (χ2v) is 5.88. The topological polar surface area (TPSA) is 95.3 Å². The van der Waals surface area contributed by atoms with E-state index in [1.807, 2.05) is 18.2 Å². The van der Waals surface area contributed by atoms with Gasteiger partial charge in [0.05, 0.1) is 17.9 Å². The Morgan fingerprint density at radius 2 is 2.13 bits per heavy atom. The minimum Gasteiger partial charge on any atom is -0.505 e. The monoisotopic (exact) mass is 313 g/mol. The van der Waals surface area contributed by atoms with Gasteiger partial charge in [0, 0.05) is 30.6 Å². The van der Waals surface area contributed by atoms with Crippen LogP contribution in [0.25, 0.3) is 0 Å². The van der Waals surface area contributed by atoms with Crippen LogP contribution in [0.5, 0.6) is 5.75 Å². The number of aliphatic hydroxyl groups is 1. The molecule has 2 heterocycles. The maximum atomic E-state index is 12.4. The Labute approximate surface area is 134 Å². The normalized spacial score (nSPS) is 21.3. The van der Waals surface area contributed by atoms with Gasteiger partial charge in [-0.25, -0.2) is 0 Å². The fourth-order valence-electron chi connectivity index (χ4n) is 2.86. The molecule has 1 saturated carbocycles. The molecule has 120 valence electrons. The molecule has 23 heavy (non-hydrogen) atoms. The van der Waals surface area contributed by atoms with Crippen molar-refractivity contribution in [2.24, 2.45) is 5.92 Å². The Morgan fingerprint density at radius 3 is 2.78 bits per heavy atom. The first-order valence-corrected chi connectivity index (χ1v) is 7.65. The summed E-state index contributed by atoms with van der Waals surface area (Å²) in [5, 5.41) is 22.3. The first-order valence-electron chi connectivity index (χ1n) is 7.65. The molecule has 0 radical (unpaired) electrons. The van der Waals surface area contributed by atoms with Gasteiger partial charge in [0.1, 0.15) is 5.75 Å². The largest absolute Gasteiger partial charge is 0.505 e. The molecule has 0 spiro atoms. The number of aromatic nitrogens is 2. The third-order valence-electron chi connectivity index (χ3n) is 4.24. The van der Waals surface area contributed by atoms with E-state index in [1.54, 1.807) is 6.20 Å². The van der Waals surface area contributed by atoms with E-state index in [9.17, 15) is 15.0 Å². The van der Waals surface area contributed by atoms with Crippen molar-refractivity contribution in [3.63, 3.8) is 0 Å². The zero-order valence-electron chi connectivity index (χ0n) is 12.6. The Kier molecular flexibility index (Phi) is 4.52. The number of nitrogens with zero attached hydrogens (tertiary/aromatic N) is 2. The van der Waals surface area contributed by atoms with Crippen molar-refractivity contribution in [2.75, 3.05) is 0 Å². The number of hydrogen-bond donors (Lipinski definition) is 3. The molecular weight excluding hydrogens is 294 g/mol. The lowest BCUT2D eigenvalue weighted by Gasteiger charge is -2.38. The Morgan fingerprint density at radius 1 is 1.30 bits per heavy atom. The minimum absolute atomic E-state index is 0.131. The van der Waals surface area contributed by atoms with Crippen LogP contribution >= 0.6 is 0 Å². The van der Waals surface area contributed by atoms with Gasteiger partial charge in [0.25, 0.3) is 5.91 Å². The molecule has 1 aliphatic carbocycles. The zero-order valence-corrected chi connectivity index (χ0v) is 12.6. The molecular formula is C17H19N3O3. The van der Waals surface area contributed by atoms with Crippen molar-refractivity contribution < 1.29 is 15.0 Å². The molecule has 6 nitrogen and oxygen atoms in total. The fourth-order valence-corrected chi connectivity index (χ4v) is 2.86. The third-order valence-corrected chi connectivity index (χ3v) is 4.24. The number of carbonyl (C=O) groups is 1. The van der Waals surface area contributed by atoms with Crippen molar-refractivity contribution in [1.82, 2.24) is 15.3 Å². The molecule has 2 aromatic rings. The first-order chi connectivity index (χ1) is 11.1. The van der Waals surface area contributed by atoms with E-state index in [1.165, 1.54) is 18.5 Å². The standard InChI is InChI=1S/C17H19N3O3/c21-13-7-11(8-13)15(9-12-3-1-2-5-19-12)20-17(23)14-4-6-18-10-16(14)22/h1-6,10-11,13,15,21-22H,7-9H2,(H,20,23)/t11?,13?,15-/m1/s1. The maximum Gasteiger partial charge on any atom is 0.255 e. The summed E-state index contributed by atoms with van der Waals surface area (Å²) in [7, 11) is 0. The molecule has 0 unspecified atom stereocenters. The zero-order chi connectivity index (χ0) is 16.2. The lowest BCUT2D eigenvalue weighted by atomic mass is 9.76. The molecule has 1 aliphatic rings.